The van der Waals surface area contributed by atoms with Crippen molar-refractivity contribution in [1.82, 2.24) is 4.90 Å². The van der Waals surface area contributed by atoms with E-state index in [4.69, 9.17) is 9.47 Å². The zero-order valence-corrected chi connectivity index (χ0v) is 25.9. The topological polar surface area (TPSA) is 55.8 Å². The van der Waals surface area contributed by atoms with Crippen LogP contribution in [0, 0.1) is 0 Å². The van der Waals surface area contributed by atoms with Gasteiger partial charge in [0.25, 0.3) is 0 Å². The maximum Gasteiger partial charge on any atom is 0.416 e. The molecule has 1 aliphatic rings. The molecule has 1 amide bonds. The Labute approximate surface area is 271 Å². The number of rotatable bonds is 7. The molecule has 0 bridgehead atoms. The highest BCUT2D eigenvalue weighted by Gasteiger charge is 2.30. The van der Waals surface area contributed by atoms with E-state index in [-0.39, 0.29) is 19.3 Å². The molecular weight excluding hydrogens is 603 g/mol. The Bertz CT molecular complexity index is 1860. The van der Waals surface area contributed by atoms with Crippen molar-refractivity contribution in [3.63, 3.8) is 0 Å². The smallest absolute Gasteiger partial charge is 0.416 e. The summed E-state index contributed by atoms with van der Waals surface area (Å²) in [5.41, 5.74) is 4.99. The lowest BCUT2D eigenvalue weighted by atomic mass is 9.87. The number of nitrogens with zero attached hydrogens (tertiary/aromatic N) is 1. The van der Waals surface area contributed by atoms with Gasteiger partial charge in [0.1, 0.15) is 6.61 Å². The van der Waals surface area contributed by atoms with Gasteiger partial charge < -0.3 is 14.4 Å². The third-order valence-electron chi connectivity index (χ3n) is 8.66. The molecule has 5 aromatic rings. The fourth-order valence-electron chi connectivity index (χ4n) is 6.11. The summed E-state index contributed by atoms with van der Waals surface area (Å²) in [6.45, 7) is 3.47. The molecule has 8 heteroatoms. The molecule has 5 aromatic carbocycles. The van der Waals surface area contributed by atoms with E-state index in [0.29, 0.717) is 30.1 Å². The van der Waals surface area contributed by atoms with Crippen LogP contribution in [0.1, 0.15) is 52.7 Å². The second-order valence-corrected chi connectivity index (χ2v) is 11.7. The number of carbonyl (C=O) groups excluding carboxylic acids is 2. The number of likely N-dealkylation sites (tertiary alicyclic amines) is 1. The van der Waals surface area contributed by atoms with Crippen LogP contribution in [-0.2, 0) is 22.3 Å². The lowest BCUT2D eigenvalue weighted by molar-refractivity contribution is -0.137. The van der Waals surface area contributed by atoms with Crippen molar-refractivity contribution in [2.75, 3.05) is 19.7 Å². The van der Waals surface area contributed by atoms with Gasteiger partial charge in [0.2, 0.25) is 0 Å². The number of amides is 1. The van der Waals surface area contributed by atoms with Crippen LogP contribution >= 0.6 is 0 Å². The molecule has 0 N–H and O–H groups in total. The van der Waals surface area contributed by atoms with Gasteiger partial charge in [-0.3, -0.25) is 0 Å². The Morgan fingerprint density at radius 1 is 0.766 bits per heavy atom. The summed E-state index contributed by atoms with van der Waals surface area (Å²) >= 11 is 0. The Morgan fingerprint density at radius 3 is 2.09 bits per heavy atom. The number of halogens is 3. The summed E-state index contributed by atoms with van der Waals surface area (Å²) in [5.74, 6) is -0.141. The lowest BCUT2D eigenvalue weighted by Gasteiger charge is -2.31. The minimum atomic E-state index is -4.41. The minimum Gasteiger partial charge on any atom is -0.462 e. The maximum atomic E-state index is 13.1. The van der Waals surface area contributed by atoms with E-state index in [1.54, 1.807) is 17.9 Å². The predicted octanol–water partition coefficient (Wildman–Crippen LogP) is 9.89. The monoisotopic (exact) mass is 637 g/mol. The molecule has 1 heterocycles. The molecule has 240 valence electrons. The molecule has 0 aliphatic carbocycles. The number of benzene rings is 5. The molecular formula is C39H34F3NO4. The third kappa shape index (κ3) is 7.32. The van der Waals surface area contributed by atoms with Crippen LogP contribution in [0.4, 0.5) is 18.0 Å². The molecule has 0 saturated carbocycles. The predicted molar refractivity (Wildman–Crippen MR) is 176 cm³/mol. The molecule has 0 atom stereocenters. The van der Waals surface area contributed by atoms with Gasteiger partial charge in [0.05, 0.1) is 17.7 Å². The van der Waals surface area contributed by atoms with Crippen molar-refractivity contribution in [3.05, 3.63) is 131 Å². The molecule has 0 radical (unpaired) electrons. The fourth-order valence-corrected chi connectivity index (χ4v) is 6.11. The van der Waals surface area contributed by atoms with Crippen LogP contribution in [0.2, 0.25) is 0 Å². The van der Waals surface area contributed by atoms with Crippen molar-refractivity contribution < 1.29 is 32.2 Å². The molecule has 1 fully saturated rings. The number of carbonyl (C=O) groups is 2. The van der Waals surface area contributed by atoms with Crippen molar-refractivity contribution in [2.24, 2.45) is 0 Å². The van der Waals surface area contributed by atoms with Gasteiger partial charge >= 0.3 is 18.2 Å². The molecule has 0 aromatic heterocycles. The van der Waals surface area contributed by atoms with Gasteiger partial charge in [-0.05, 0) is 100 Å². The third-order valence-corrected chi connectivity index (χ3v) is 8.66. The van der Waals surface area contributed by atoms with Gasteiger partial charge in [-0.25, -0.2) is 9.59 Å². The van der Waals surface area contributed by atoms with Gasteiger partial charge in [-0.1, -0.05) is 78.9 Å². The second kappa shape index (κ2) is 13.7. The fraction of sp³-hybridized carbons (Fsp3) is 0.231. The first-order chi connectivity index (χ1) is 22.7. The normalized spacial score (nSPS) is 13.8. The van der Waals surface area contributed by atoms with Gasteiger partial charge in [-0.15, -0.1) is 0 Å². The molecule has 5 nitrogen and oxygen atoms in total. The summed E-state index contributed by atoms with van der Waals surface area (Å²) in [7, 11) is 0. The molecule has 1 saturated heterocycles. The van der Waals surface area contributed by atoms with E-state index < -0.39 is 17.7 Å². The lowest BCUT2D eigenvalue weighted by Crippen LogP contribution is -2.38. The number of alkyl halides is 3. The highest BCUT2D eigenvalue weighted by molar-refractivity contribution is 6.04. The van der Waals surface area contributed by atoms with Crippen molar-refractivity contribution in [2.45, 2.75) is 38.5 Å². The molecule has 6 rings (SSSR count). The highest BCUT2D eigenvalue weighted by atomic mass is 19.4. The van der Waals surface area contributed by atoms with Crippen molar-refractivity contribution in [3.8, 4) is 22.3 Å². The van der Waals surface area contributed by atoms with Gasteiger partial charge in [0, 0.05) is 13.1 Å². The van der Waals surface area contributed by atoms with Crippen LogP contribution in [-0.4, -0.2) is 36.7 Å². The van der Waals surface area contributed by atoms with E-state index in [9.17, 15) is 22.8 Å². The number of hydrogen-bond acceptors (Lipinski definition) is 4. The molecule has 0 unspecified atom stereocenters. The summed E-state index contributed by atoms with van der Waals surface area (Å²) in [6.07, 6.45) is -3.05. The largest absolute Gasteiger partial charge is 0.462 e. The first-order valence-corrected chi connectivity index (χ1v) is 15.7. The van der Waals surface area contributed by atoms with E-state index in [1.807, 2.05) is 66.7 Å². The number of fused-ring (bicyclic) bond motifs is 1. The highest BCUT2D eigenvalue weighted by Crippen LogP contribution is 2.36. The number of esters is 1. The van der Waals surface area contributed by atoms with Crippen LogP contribution in [0.3, 0.4) is 0 Å². The summed E-state index contributed by atoms with van der Waals surface area (Å²) in [4.78, 5) is 27.2. The maximum absolute atomic E-state index is 13.1. The summed E-state index contributed by atoms with van der Waals surface area (Å²) in [6, 6.07) is 32.3. The quantitative estimate of drug-likeness (QED) is 0.167. The zero-order valence-electron chi connectivity index (χ0n) is 25.9. The number of ether oxygens (including phenoxy) is 2. The van der Waals surface area contributed by atoms with Gasteiger partial charge in [-0.2, -0.15) is 13.2 Å². The minimum absolute atomic E-state index is 0.232. The SMILES string of the molecule is CCOC(=O)c1cc(-c2ccc(C3CCN(C(=O)OCc4ccccc4)CC3)cc2)c2ccc(-c3ccc(C(F)(F)F)cc3)cc2c1. The van der Waals surface area contributed by atoms with Crippen molar-refractivity contribution >= 4 is 22.8 Å². The first-order valence-electron chi connectivity index (χ1n) is 15.7. The Hall–Kier alpha value is -5.11. The van der Waals surface area contributed by atoms with Gasteiger partial charge in [0.15, 0.2) is 0 Å². The van der Waals surface area contributed by atoms with Crippen LogP contribution in [0.25, 0.3) is 33.0 Å². The van der Waals surface area contributed by atoms with E-state index >= 15 is 0 Å². The van der Waals surface area contributed by atoms with E-state index in [2.05, 4.69) is 12.1 Å². The summed E-state index contributed by atoms with van der Waals surface area (Å²) < 4.78 is 50.1. The van der Waals surface area contributed by atoms with Crippen molar-refractivity contribution in [1.29, 1.82) is 0 Å². The van der Waals surface area contributed by atoms with Crippen LogP contribution < -0.4 is 0 Å². The zero-order chi connectivity index (χ0) is 33.0. The first kappa shape index (κ1) is 31.9. The van der Waals surface area contributed by atoms with Crippen LogP contribution in [0.5, 0.6) is 0 Å². The second-order valence-electron chi connectivity index (χ2n) is 11.7. The average Bonchev–Trinajstić information content (AvgIpc) is 3.10. The average molecular weight is 638 g/mol. The Morgan fingerprint density at radius 2 is 1.43 bits per heavy atom. The standard InChI is InChI=1S/C39H34F3NO4/c1-2-46-37(44)33-23-32-22-31(28-12-15-34(16-13-28)39(40,41)42)14-17-35(32)36(24-33)30-10-8-27(9-11-30)29-18-20-43(21-19-29)38(45)47-25-26-6-4-3-5-7-26/h3-17,22-24,29H,2,18-21,25H2,1H3. The Kier molecular flexibility index (Phi) is 9.29. The molecule has 47 heavy (non-hydrogen) atoms. The Balaban J connectivity index is 1.21. The van der Waals surface area contributed by atoms with E-state index in [0.717, 1.165) is 58.0 Å². The van der Waals surface area contributed by atoms with Crippen LogP contribution in [0.15, 0.2) is 109 Å². The number of hydrogen-bond donors (Lipinski definition) is 0. The molecule has 1 aliphatic heterocycles. The number of piperidine rings is 1. The molecule has 0 spiro atoms. The van der Waals surface area contributed by atoms with E-state index in [1.165, 1.54) is 17.7 Å². The summed E-state index contributed by atoms with van der Waals surface area (Å²) in [5, 5.41) is 1.68.